The number of rotatable bonds is 6. The Morgan fingerprint density at radius 2 is 1.79 bits per heavy atom. The molecular formula is C18H22ClN3O4S2. The number of sulfonamides is 2. The molecule has 2 heterocycles. The molecule has 7 nitrogen and oxygen atoms in total. The van der Waals surface area contributed by atoms with E-state index in [1.807, 2.05) is 0 Å². The molecular weight excluding hydrogens is 422 g/mol. The quantitative estimate of drug-likeness (QED) is 0.740. The van der Waals surface area contributed by atoms with E-state index < -0.39 is 20.0 Å². The maximum Gasteiger partial charge on any atom is 0.243 e. The lowest BCUT2D eigenvalue weighted by Crippen LogP contribution is -2.35. The van der Waals surface area contributed by atoms with Gasteiger partial charge in [0, 0.05) is 24.3 Å². The van der Waals surface area contributed by atoms with E-state index in [0.717, 1.165) is 19.3 Å². The van der Waals surface area contributed by atoms with Gasteiger partial charge in [0.2, 0.25) is 20.0 Å². The van der Waals surface area contributed by atoms with Crippen molar-refractivity contribution in [2.45, 2.75) is 42.5 Å². The largest absolute Gasteiger partial charge is 0.260 e. The first-order chi connectivity index (χ1) is 13.2. The number of nitrogens with one attached hydrogen (secondary N) is 1. The van der Waals surface area contributed by atoms with Crippen LogP contribution in [-0.4, -0.2) is 39.2 Å². The van der Waals surface area contributed by atoms with Gasteiger partial charge in [-0.25, -0.2) is 21.6 Å². The molecule has 2 aromatic rings. The number of aryl methyl sites for hydroxylation is 1. The molecule has 152 valence electrons. The zero-order valence-electron chi connectivity index (χ0n) is 15.4. The zero-order valence-corrected chi connectivity index (χ0v) is 17.8. The Bertz CT molecular complexity index is 1070. The van der Waals surface area contributed by atoms with E-state index in [-0.39, 0.29) is 16.3 Å². The van der Waals surface area contributed by atoms with Crippen LogP contribution in [0.15, 0.2) is 46.3 Å². The van der Waals surface area contributed by atoms with E-state index in [4.69, 9.17) is 11.6 Å². The summed E-state index contributed by atoms with van der Waals surface area (Å²) in [5.41, 5.74) is 0.926. The first kappa shape index (κ1) is 21.2. The van der Waals surface area contributed by atoms with Crippen molar-refractivity contribution < 1.29 is 16.8 Å². The van der Waals surface area contributed by atoms with Crippen LogP contribution in [0.2, 0.25) is 5.02 Å². The van der Waals surface area contributed by atoms with E-state index in [1.54, 1.807) is 19.1 Å². The Labute approximate surface area is 170 Å². The van der Waals surface area contributed by atoms with Crippen LogP contribution in [0.5, 0.6) is 0 Å². The van der Waals surface area contributed by atoms with E-state index >= 15 is 0 Å². The third-order valence-electron chi connectivity index (χ3n) is 4.62. The summed E-state index contributed by atoms with van der Waals surface area (Å²) in [5, 5.41) is 0.454. The highest BCUT2D eigenvalue weighted by Gasteiger charge is 2.28. The minimum absolute atomic E-state index is 0.0127. The van der Waals surface area contributed by atoms with Crippen LogP contribution in [0.4, 0.5) is 0 Å². The summed E-state index contributed by atoms with van der Waals surface area (Å²) >= 11 is 5.89. The monoisotopic (exact) mass is 443 g/mol. The van der Waals surface area contributed by atoms with Crippen LogP contribution >= 0.6 is 11.6 Å². The van der Waals surface area contributed by atoms with Crippen LogP contribution in [0.25, 0.3) is 0 Å². The summed E-state index contributed by atoms with van der Waals surface area (Å²) in [7, 11) is -7.65. The Morgan fingerprint density at radius 1 is 1.07 bits per heavy atom. The normalized spacial score (nSPS) is 16.2. The molecule has 1 aliphatic rings. The average Bonchev–Trinajstić information content (AvgIpc) is 2.67. The predicted molar refractivity (Wildman–Crippen MR) is 107 cm³/mol. The molecule has 0 radical (unpaired) electrons. The molecule has 1 aromatic carbocycles. The van der Waals surface area contributed by atoms with Gasteiger partial charge in [0.15, 0.2) is 0 Å². The topological polar surface area (TPSA) is 96.4 Å². The SMILES string of the molecule is Cc1ccc(S(=O)(=O)N2CCCCC2)cc1S(=O)(=O)NCc1cc(Cl)ccn1. The summed E-state index contributed by atoms with van der Waals surface area (Å²) in [4.78, 5) is 3.99. The maximum atomic E-state index is 12.9. The van der Waals surface area contributed by atoms with Crippen LogP contribution in [0.1, 0.15) is 30.5 Å². The molecule has 1 saturated heterocycles. The van der Waals surface area contributed by atoms with Crippen molar-refractivity contribution in [1.82, 2.24) is 14.0 Å². The van der Waals surface area contributed by atoms with Gasteiger partial charge in [-0.1, -0.05) is 24.1 Å². The highest BCUT2D eigenvalue weighted by atomic mass is 35.5. The number of aromatic nitrogens is 1. The summed E-state index contributed by atoms with van der Waals surface area (Å²) in [6.45, 7) is 2.49. The lowest BCUT2D eigenvalue weighted by atomic mass is 10.2. The lowest BCUT2D eigenvalue weighted by Gasteiger charge is -2.26. The Morgan fingerprint density at radius 3 is 2.46 bits per heavy atom. The second-order valence-corrected chi connectivity index (χ2v) is 10.8. The first-order valence-corrected chi connectivity index (χ1v) is 12.2. The van der Waals surface area contributed by atoms with Gasteiger partial charge in [-0.3, -0.25) is 4.98 Å². The van der Waals surface area contributed by atoms with Crippen LogP contribution in [-0.2, 0) is 26.6 Å². The maximum absolute atomic E-state index is 12.9. The third-order valence-corrected chi connectivity index (χ3v) is 8.30. The smallest absolute Gasteiger partial charge is 0.243 e. The lowest BCUT2D eigenvalue weighted by molar-refractivity contribution is 0.346. The second-order valence-electron chi connectivity index (χ2n) is 6.68. The van der Waals surface area contributed by atoms with Gasteiger partial charge >= 0.3 is 0 Å². The molecule has 0 unspecified atom stereocenters. The Balaban J connectivity index is 1.87. The van der Waals surface area contributed by atoms with E-state index in [1.165, 1.54) is 28.7 Å². The molecule has 1 aliphatic heterocycles. The number of hydrogen-bond donors (Lipinski definition) is 1. The summed E-state index contributed by atoms with van der Waals surface area (Å²) < 4.78 is 55.2. The summed E-state index contributed by atoms with van der Waals surface area (Å²) in [6.07, 6.45) is 4.11. The zero-order chi connectivity index (χ0) is 20.4. The highest BCUT2D eigenvalue weighted by molar-refractivity contribution is 7.90. The number of nitrogens with zero attached hydrogens (tertiary/aromatic N) is 2. The van der Waals surface area contributed by atoms with Gasteiger partial charge in [0.25, 0.3) is 0 Å². The Hall–Kier alpha value is -1.52. The fourth-order valence-corrected chi connectivity index (χ4v) is 6.15. The number of piperidine rings is 1. The minimum atomic E-state index is -3.93. The fourth-order valence-electron chi connectivity index (χ4n) is 3.08. The molecule has 0 bridgehead atoms. The van der Waals surface area contributed by atoms with Gasteiger partial charge in [-0.05, 0) is 49.6 Å². The van der Waals surface area contributed by atoms with Crippen molar-refractivity contribution in [1.29, 1.82) is 0 Å². The standard InChI is InChI=1S/C18H22ClN3O4S2/c1-14-5-6-17(28(25,26)22-9-3-2-4-10-22)12-18(14)27(23,24)21-13-16-11-15(19)7-8-20-16/h5-8,11-12,21H,2-4,9-10,13H2,1H3. The van der Waals surface area contributed by atoms with Gasteiger partial charge in [-0.15, -0.1) is 0 Å². The van der Waals surface area contributed by atoms with Crippen molar-refractivity contribution >= 4 is 31.6 Å². The molecule has 0 atom stereocenters. The van der Waals surface area contributed by atoms with Gasteiger partial charge < -0.3 is 0 Å². The number of benzene rings is 1. The molecule has 0 spiro atoms. The van der Waals surface area contributed by atoms with E-state index in [9.17, 15) is 16.8 Å². The molecule has 10 heteroatoms. The molecule has 0 aliphatic carbocycles. The fraction of sp³-hybridized carbons (Fsp3) is 0.389. The molecule has 1 N–H and O–H groups in total. The first-order valence-electron chi connectivity index (χ1n) is 8.91. The van der Waals surface area contributed by atoms with Crippen molar-refractivity contribution in [2.24, 2.45) is 0 Å². The number of hydrogen-bond acceptors (Lipinski definition) is 5. The van der Waals surface area contributed by atoms with Crippen LogP contribution < -0.4 is 4.72 Å². The van der Waals surface area contributed by atoms with Crippen molar-refractivity contribution in [3.8, 4) is 0 Å². The molecule has 1 aromatic heterocycles. The Kier molecular flexibility index (Phi) is 6.41. The summed E-state index contributed by atoms with van der Waals surface area (Å²) in [5.74, 6) is 0. The number of halogens is 1. The molecule has 28 heavy (non-hydrogen) atoms. The third kappa shape index (κ3) is 4.72. The summed E-state index contributed by atoms with van der Waals surface area (Å²) in [6, 6.07) is 7.36. The van der Waals surface area contributed by atoms with E-state index in [0.29, 0.717) is 29.4 Å². The van der Waals surface area contributed by atoms with Gasteiger partial charge in [0.1, 0.15) is 0 Å². The van der Waals surface area contributed by atoms with Gasteiger partial charge in [-0.2, -0.15) is 4.31 Å². The predicted octanol–water partition coefficient (Wildman–Crippen LogP) is 2.70. The van der Waals surface area contributed by atoms with Crippen molar-refractivity contribution in [3.63, 3.8) is 0 Å². The van der Waals surface area contributed by atoms with Gasteiger partial charge in [0.05, 0.1) is 22.0 Å². The average molecular weight is 444 g/mol. The van der Waals surface area contributed by atoms with Crippen molar-refractivity contribution in [2.75, 3.05) is 13.1 Å². The molecule has 1 fully saturated rings. The molecule has 3 rings (SSSR count). The second kappa shape index (κ2) is 8.46. The van der Waals surface area contributed by atoms with Crippen LogP contribution in [0.3, 0.4) is 0 Å². The van der Waals surface area contributed by atoms with Crippen molar-refractivity contribution in [3.05, 3.63) is 52.8 Å². The minimum Gasteiger partial charge on any atom is -0.260 e. The van der Waals surface area contributed by atoms with Crippen LogP contribution in [0, 0.1) is 6.92 Å². The highest BCUT2D eigenvalue weighted by Crippen LogP contribution is 2.25. The molecule has 0 amide bonds. The number of pyridine rings is 1. The van der Waals surface area contributed by atoms with E-state index in [2.05, 4.69) is 9.71 Å². The molecule has 0 saturated carbocycles.